The number of phenolic OH excluding ortho intramolecular Hbond substituents is 3. The SMILES string of the molecule is COc1cc2c(cc1O)[C@@H](Cc1ccc(O)c(Oc3ccc(C[C@@H]4c5cc(OC)c(O)cc5CCN4C)cc3)c1)N(C)CC2. The largest absolute Gasteiger partial charge is 0.504 e. The third-order valence-corrected chi connectivity index (χ3v) is 9.16. The molecule has 3 N–H and O–H groups in total. The topological polar surface area (TPSA) is 94.9 Å². The maximum Gasteiger partial charge on any atom is 0.169 e. The lowest BCUT2D eigenvalue weighted by atomic mass is 9.88. The minimum Gasteiger partial charge on any atom is -0.504 e. The van der Waals surface area contributed by atoms with Crippen LogP contribution in [0.2, 0.25) is 0 Å². The van der Waals surface area contributed by atoms with Crippen LogP contribution < -0.4 is 14.2 Å². The van der Waals surface area contributed by atoms with Crippen molar-refractivity contribution in [1.82, 2.24) is 9.80 Å². The maximum absolute atomic E-state index is 10.6. The quantitative estimate of drug-likeness (QED) is 0.223. The summed E-state index contributed by atoms with van der Waals surface area (Å²) in [5.41, 5.74) is 6.78. The van der Waals surface area contributed by atoms with Crippen LogP contribution in [0.5, 0.6) is 40.2 Å². The van der Waals surface area contributed by atoms with E-state index in [-0.39, 0.29) is 29.3 Å². The summed E-state index contributed by atoms with van der Waals surface area (Å²) < 4.78 is 16.9. The number of phenols is 3. The molecular weight excluding hydrogens is 556 g/mol. The molecule has 6 rings (SSSR count). The lowest BCUT2D eigenvalue weighted by Gasteiger charge is -2.35. The molecule has 2 aliphatic heterocycles. The molecule has 230 valence electrons. The van der Waals surface area contributed by atoms with Gasteiger partial charge in [0.2, 0.25) is 0 Å². The predicted molar refractivity (Wildman–Crippen MR) is 169 cm³/mol. The van der Waals surface area contributed by atoms with Crippen molar-refractivity contribution < 1.29 is 29.5 Å². The Morgan fingerprint density at radius 2 is 1.16 bits per heavy atom. The molecule has 0 aromatic heterocycles. The summed E-state index contributed by atoms with van der Waals surface area (Å²) in [4.78, 5) is 4.63. The third-order valence-electron chi connectivity index (χ3n) is 9.16. The van der Waals surface area contributed by atoms with Crippen LogP contribution in [0.25, 0.3) is 0 Å². The van der Waals surface area contributed by atoms with Gasteiger partial charge in [-0.05, 0) is 122 Å². The van der Waals surface area contributed by atoms with Gasteiger partial charge < -0.3 is 29.5 Å². The summed E-state index contributed by atoms with van der Waals surface area (Å²) in [6, 6.07) is 21.3. The second-order valence-electron chi connectivity index (χ2n) is 11.9. The van der Waals surface area contributed by atoms with Crippen molar-refractivity contribution in [3.63, 3.8) is 0 Å². The Morgan fingerprint density at radius 1 is 0.614 bits per heavy atom. The molecule has 8 nitrogen and oxygen atoms in total. The fourth-order valence-electron chi connectivity index (χ4n) is 6.58. The van der Waals surface area contributed by atoms with E-state index in [1.165, 1.54) is 11.1 Å². The Balaban J connectivity index is 1.18. The van der Waals surface area contributed by atoms with E-state index in [0.29, 0.717) is 29.4 Å². The first kappa shape index (κ1) is 29.7. The van der Waals surface area contributed by atoms with Crippen LogP contribution >= 0.6 is 0 Å². The van der Waals surface area contributed by atoms with Crippen LogP contribution in [0.1, 0.15) is 45.5 Å². The van der Waals surface area contributed by atoms with E-state index in [0.717, 1.165) is 54.6 Å². The Labute approximate surface area is 258 Å². The van der Waals surface area contributed by atoms with Crippen LogP contribution in [-0.4, -0.2) is 66.5 Å². The molecule has 0 bridgehead atoms. The summed E-state index contributed by atoms with van der Waals surface area (Å²) >= 11 is 0. The summed E-state index contributed by atoms with van der Waals surface area (Å²) in [5.74, 6) is 2.43. The van der Waals surface area contributed by atoms with Crippen molar-refractivity contribution in [3.05, 3.63) is 100 Å². The van der Waals surface area contributed by atoms with Crippen LogP contribution in [0.4, 0.5) is 0 Å². The standard InChI is InChI=1S/C36H40N2O6/c1-37-13-11-24-18-32(40)35(43-4)21-28(24)29(37)15-22-5-8-26(9-6-22)44-36-17-23(7-10-31(36)39)16-30-27-20-33(41)34(42-3)19-25(27)12-14-38(30)2/h5-10,17-21,29-30,39-41H,11-16H2,1-4H3/t29-,30-/m1/s1. The van der Waals surface area contributed by atoms with E-state index in [9.17, 15) is 15.3 Å². The highest BCUT2D eigenvalue weighted by molar-refractivity contribution is 5.51. The lowest BCUT2D eigenvalue weighted by molar-refractivity contribution is 0.228. The molecule has 4 aromatic rings. The van der Waals surface area contributed by atoms with E-state index in [1.54, 1.807) is 20.3 Å². The van der Waals surface area contributed by atoms with Crippen molar-refractivity contribution in [2.75, 3.05) is 41.4 Å². The number of hydrogen-bond acceptors (Lipinski definition) is 8. The number of ether oxygens (including phenoxy) is 3. The summed E-state index contributed by atoms with van der Waals surface area (Å²) in [5, 5.41) is 31.4. The number of methoxy groups -OCH3 is 2. The maximum atomic E-state index is 10.6. The second-order valence-corrected chi connectivity index (χ2v) is 11.9. The molecule has 2 heterocycles. The Bertz CT molecular complexity index is 1650. The molecule has 0 unspecified atom stereocenters. The van der Waals surface area contributed by atoms with Crippen LogP contribution in [0, 0.1) is 0 Å². The zero-order valence-corrected chi connectivity index (χ0v) is 25.7. The zero-order valence-electron chi connectivity index (χ0n) is 25.7. The minimum atomic E-state index is 0.0687. The first-order valence-corrected chi connectivity index (χ1v) is 15.0. The van der Waals surface area contributed by atoms with E-state index in [2.05, 4.69) is 36.0 Å². The Morgan fingerprint density at radius 3 is 1.82 bits per heavy atom. The van der Waals surface area contributed by atoms with Crippen molar-refractivity contribution in [2.45, 2.75) is 37.8 Å². The Hall–Kier alpha value is -4.40. The van der Waals surface area contributed by atoms with Crippen molar-refractivity contribution in [1.29, 1.82) is 0 Å². The molecule has 0 radical (unpaired) electrons. The first-order valence-electron chi connectivity index (χ1n) is 15.0. The zero-order chi connectivity index (χ0) is 31.0. The van der Waals surface area contributed by atoms with Gasteiger partial charge in [0.05, 0.1) is 14.2 Å². The van der Waals surface area contributed by atoms with Gasteiger partial charge in [0, 0.05) is 25.2 Å². The number of likely N-dealkylation sites (N-methyl/N-ethyl adjacent to an activating group) is 2. The smallest absolute Gasteiger partial charge is 0.169 e. The van der Waals surface area contributed by atoms with Gasteiger partial charge in [0.25, 0.3) is 0 Å². The number of nitrogens with zero attached hydrogens (tertiary/aromatic N) is 2. The van der Waals surface area contributed by atoms with Gasteiger partial charge in [0.15, 0.2) is 34.5 Å². The normalized spacial score (nSPS) is 18.4. The number of fused-ring (bicyclic) bond motifs is 2. The van der Waals surface area contributed by atoms with Crippen molar-refractivity contribution in [3.8, 4) is 40.2 Å². The molecule has 0 fully saturated rings. The third kappa shape index (κ3) is 5.87. The van der Waals surface area contributed by atoms with E-state index in [1.807, 2.05) is 48.5 Å². The van der Waals surface area contributed by atoms with E-state index in [4.69, 9.17) is 14.2 Å². The molecule has 0 saturated carbocycles. The molecule has 0 amide bonds. The van der Waals surface area contributed by atoms with Crippen LogP contribution in [-0.2, 0) is 25.7 Å². The molecule has 0 saturated heterocycles. The predicted octanol–water partition coefficient (Wildman–Crippen LogP) is 6.16. The highest BCUT2D eigenvalue weighted by Gasteiger charge is 2.28. The van der Waals surface area contributed by atoms with Gasteiger partial charge in [-0.15, -0.1) is 0 Å². The minimum absolute atomic E-state index is 0.0687. The second kappa shape index (κ2) is 12.3. The van der Waals surface area contributed by atoms with Gasteiger partial charge in [-0.3, -0.25) is 9.80 Å². The molecule has 4 aromatic carbocycles. The average molecular weight is 597 g/mol. The lowest BCUT2D eigenvalue weighted by Crippen LogP contribution is -2.33. The fraction of sp³-hybridized carbons (Fsp3) is 0.333. The van der Waals surface area contributed by atoms with E-state index < -0.39 is 0 Å². The van der Waals surface area contributed by atoms with Crippen molar-refractivity contribution in [2.24, 2.45) is 0 Å². The number of hydrogen-bond donors (Lipinski definition) is 3. The molecule has 44 heavy (non-hydrogen) atoms. The average Bonchev–Trinajstić information content (AvgIpc) is 3.02. The number of benzene rings is 4. The number of rotatable bonds is 8. The van der Waals surface area contributed by atoms with Gasteiger partial charge >= 0.3 is 0 Å². The first-order chi connectivity index (χ1) is 21.2. The summed E-state index contributed by atoms with van der Waals surface area (Å²) in [7, 11) is 7.37. The van der Waals surface area contributed by atoms with Gasteiger partial charge in [-0.2, -0.15) is 0 Å². The summed E-state index contributed by atoms with van der Waals surface area (Å²) in [6.45, 7) is 1.81. The van der Waals surface area contributed by atoms with E-state index >= 15 is 0 Å². The molecule has 8 heteroatoms. The fourth-order valence-corrected chi connectivity index (χ4v) is 6.58. The van der Waals surface area contributed by atoms with Gasteiger partial charge in [-0.25, -0.2) is 0 Å². The van der Waals surface area contributed by atoms with Gasteiger partial charge in [0.1, 0.15) is 5.75 Å². The highest BCUT2D eigenvalue weighted by atomic mass is 16.5. The van der Waals surface area contributed by atoms with Crippen LogP contribution in [0.15, 0.2) is 66.7 Å². The van der Waals surface area contributed by atoms with Crippen molar-refractivity contribution >= 4 is 0 Å². The summed E-state index contributed by atoms with van der Waals surface area (Å²) in [6.07, 6.45) is 3.27. The monoisotopic (exact) mass is 596 g/mol. The molecule has 0 spiro atoms. The van der Waals surface area contributed by atoms with Crippen LogP contribution in [0.3, 0.4) is 0 Å². The van der Waals surface area contributed by atoms with Gasteiger partial charge in [-0.1, -0.05) is 18.2 Å². The molecule has 0 aliphatic carbocycles. The molecular formula is C36H40N2O6. The molecule has 2 atom stereocenters. The highest BCUT2D eigenvalue weighted by Crippen LogP contribution is 2.41. The number of aromatic hydroxyl groups is 3. The Kier molecular flexibility index (Phi) is 8.29. The molecule has 2 aliphatic rings.